The van der Waals surface area contributed by atoms with Gasteiger partial charge in [0.2, 0.25) is 0 Å². The van der Waals surface area contributed by atoms with E-state index >= 15 is 0 Å². The van der Waals surface area contributed by atoms with Crippen LogP contribution in [0, 0.1) is 17.8 Å². The van der Waals surface area contributed by atoms with Gasteiger partial charge in [-0.3, -0.25) is 0 Å². The molecule has 4 atom stereocenters. The van der Waals surface area contributed by atoms with Crippen LogP contribution in [-0.4, -0.2) is 8.07 Å². The molecule has 3 aliphatic carbocycles. The van der Waals surface area contributed by atoms with Crippen LogP contribution in [0.1, 0.15) is 19.3 Å². The van der Waals surface area contributed by atoms with E-state index in [-0.39, 0.29) is 0 Å². The minimum Gasteiger partial charge on any atom is -0.0691 e. The van der Waals surface area contributed by atoms with Crippen molar-refractivity contribution in [3.05, 3.63) is 0 Å². The third-order valence-electron chi connectivity index (χ3n) is 4.76. The lowest BCUT2D eigenvalue weighted by atomic mass is 9.88. The van der Waals surface area contributed by atoms with Crippen LogP contribution in [0.5, 0.6) is 0 Å². The van der Waals surface area contributed by atoms with Gasteiger partial charge in [-0.25, -0.2) is 0 Å². The van der Waals surface area contributed by atoms with Crippen molar-refractivity contribution in [1.29, 1.82) is 0 Å². The zero-order chi connectivity index (χ0) is 7.85. The summed E-state index contributed by atoms with van der Waals surface area (Å²) < 4.78 is 0. The molecule has 3 saturated carbocycles. The van der Waals surface area contributed by atoms with Gasteiger partial charge in [-0.2, -0.15) is 0 Å². The molecule has 62 valence electrons. The van der Waals surface area contributed by atoms with Crippen molar-refractivity contribution in [2.24, 2.45) is 17.8 Å². The Kier molecular flexibility index (Phi) is 0.902. The molecule has 0 aromatic heterocycles. The van der Waals surface area contributed by atoms with Crippen molar-refractivity contribution < 1.29 is 0 Å². The second-order valence-electron chi connectivity index (χ2n) is 5.85. The van der Waals surface area contributed by atoms with E-state index in [1.165, 1.54) is 17.8 Å². The topological polar surface area (TPSA) is 0 Å². The summed E-state index contributed by atoms with van der Waals surface area (Å²) >= 11 is 0. The Bertz CT molecular complexity index is 192. The van der Waals surface area contributed by atoms with Gasteiger partial charge in [0.05, 0.1) is 8.07 Å². The Labute approximate surface area is 70.4 Å². The molecule has 1 heteroatoms. The SMILES string of the molecule is C[Si](C)(C)C12C3[C@H]1CCC[C@@H]32. The monoisotopic (exact) mass is 166 g/mol. The molecule has 0 N–H and O–H groups in total. The summed E-state index contributed by atoms with van der Waals surface area (Å²) in [6, 6.07) is 0. The largest absolute Gasteiger partial charge is 0.0691 e. The van der Waals surface area contributed by atoms with E-state index in [9.17, 15) is 0 Å². The van der Waals surface area contributed by atoms with Crippen molar-refractivity contribution in [3.63, 3.8) is 0 Å². The number of rotatable bonds is 1. The van der Waals surface area contributed by atoms with E-state index in [0.29, 0.717) is 0 Å². The van der Waals surface area contributed by atoms with Crippen molar-refractivity contribution >= 4 is 8.07 Å². The van der Waals surface area contributed by atoms with E-state index in [4.69, 9.17) is 0 Å². The van der Waals surface area contributed by atoms with E-state index < -0.39 is 8.07 Å². The summed E-state index contributed by atoms with van der Waals surface area (Å²) in [7, 11) is -0.769. The van der Waals surface area contributed by atoms with Gasteiger partial charge in [0.15, 0.2) is 0 Å². The maximum Gasteiger partial charge on any atom is 0.0516 e. The van der Waals surface area contributed by atoms with Gasteiger partial charge < -0.3 is 0 Å². The maximum atomic E-state index is 2.59. The first-order valence-electron chi connectivity index (χ1n) is 5.10. The number of hydrogen-bond acceptors (Lipinski definition) is 0. The fourth-order valence-electron chi connectivity index (χ4n) is 4.47. The van der Waals surface area contributed by atoms with Gasteiger partial charge in [0.25, 0.3) is 0 Å². The highest BCUT2D eigenvalue weighted by atomic mass is 28.3. The Morgan fingerprint density at radius 2 is 1.64 bits per heavy atom. The summed E-state index contributed by atoms with van der Waals surface area (Å²) in [5.41, 5.74) is 0. The fraction of sp³-hybridized carbons (Fsp3) is 1.00. The minimum absolute atomic E-state index is 0.769. The molecule has 0 heterocycles. The lowest BCUT2D eigenvalue weighted by Gasteiger charge is -2.32. The lowest BCUT2D eigenvalue weighted by Crippen LogP contribution is -2.31. The molecule has 0 aliphatic heterocycles. The van der Waals surface area contributed by atoms with Crippen LogP contribution in [0.15, 0.2) is 0 Å². The smallest absolute Gasteiger partial charge is 0.0516 e. The zero-order valence-electron chi connectivity index (χ0n) is 7.85. The van der Waals surface area contributed by atoms with Gasteiger partial charge >= 0.3 is 0 Å². The molecular weight excluding hydrogens is 148 g/mol. The van der Waals surface area contributed by atoms with E-state index in [0.717, 1.165) is 5.04 Å². The summed E-state index contributed by atoms with van der Waals surface area (Å²) in [6.45, 7) is 7.77. The molecule has 0 aromatic rings. The summed E-state index contributed by atoms with van der Waals surface area (Å²) in [5, 5.41) is 1.01. The molecule has 0 nitrogen and oxygen atoms in total. The molecule has 11 heavy (non-hydrogen) atoms. The van der Waals surface area contributed by atoms with Crippen LogP contribution >= 0.6 is 0 Å². The molecular formula is C10H18Si. The maximum absolute atomic E-state index is 2.59. The predicted octanol–water partition coefficient (Wildman–Crippen LogP) is 3.12. The highest BCUT2D eigenvalue weighted by molar-refractivity contribution is 6.81. The average molecular weight is 166 g/mol. The molecule has 3 fully saturated rings. The second kappa shape index (κ2) is 1.48. The van der Waals surface area contributed by atoms with E-state index in [2.05, 4.69) is 19.6 Å². The minimum atomic E-state index is -0.769. The van der Waals surface area contributed by atoms with Gasteiger partial charge in [0, 0.05) is 0 Å². The van der Waals surface area contributed by atoms with Crippen molar-refractivity contribution in [2.75, 3.05) is 0 Å². The molecule has 3 aliphatic rings. The van der Waals surface area contributed by atoms with E-state index in [1.54, 1.807) is 19.3 Å². The average Bonchev–Trinajstić information content (AvgIpc) is 2.72. The van der Waals surface area contributed by atoms with Crippen LogP contribution in [0.2, 0.25) is 24.7 Å². The fourth-order valence-corrected chi connectivity index (χ4v) is 8.58. The third kappa shape index (κ3) is 0.498. The summed E-state index contributed by atoms with van der Waals surface area (Å²) in [5.74, 6) is 3.71. The molecule has 0 amide bonds. The lowest BCUT2D eigenvalue weighted by molar-refractivity contribution is 0.339. The summed E-state index contributed by atoms with van der Waals surface area (Å²) in [4.78, 5) is 0. The van der Waals surface area contributed by atoms with Crippen molar-refractivity contribution in [3.8, 4) is 0 Å². The van der Waals surface area contributed by atoms with Crippen molar-refractivity contribution in [2.45, 2.75) is 43.9 Å². The molecule has 0 aromatic carbocycles. The first-order valence-corrected chi connectivity index (χ1v) is 8.60. The van der Waals surface area contributed by atoms with Crippen LogP contribution in [0.3, 0.4) is 0 Å². The molecule has 2 unspecified atom stereocenters. The normalized spacial score (nSPS) is 58.6. The quantitative estimate of drug-likeness (QED) is 0.525. The number of hydrogen-bond donors (Lipinski definition) is 0. The molecule has 0 bridgehead atoms. The molecule has 3 rings (SSSR count). The van der Waals surface area contributed by atoms with Gasteiger partial charge in [0.1, 0.15) is 0 Å². The predicted molar refractivity (Wildman–Crippen MR) is 50.4 cm³/mol. The van der Waals surface area contributed by atoms with Crippen LogP contribution in [0.25, 0.3) is 0 Å². The first-order chi connectivity index (χ1) is 5.10. The highest BCUT2D eigenvalue weighted by Gasteiger charge is 2.89. The van der Waals surface area contributed by atoms with Gasteiger partial charge in [-0.15, -0.1) is 0 Å². The zero-order valence-corrected chi connectivity index (χ0v) is 8.85. The molecule has 0 radical (unpaired) electrons. The summed E-state index contributed by atoms with van der Waals surface area (Å²) in [6.07, 6.45) is 4.73. The highest BCUT2D eigenvalue weighted by Crippen LogP contribution is 2.97. The standard InChI is InChI=1S/C10H18Si/c1-11(2,3)10-7-5-4-6-8(10)9(7)10/h7-9H,4-6H2,1-3H3/t7-,8+,9?,10?. The Morgan fingerprint density at radius 3 is 1.91 bits per heavy atom. The van der Waals surface area contributed by atoms with E-state index in [1.807, 2.05) is 0 Å². The van der Waals surface area contributed by atoms with Crippen molar-refractivity contribution in [1.82, 2.24) is 0 Å². The van der Waals surface area contributed by atoms with Crippen LogP contribution in [-0.2, 0) is 0 Å². The third-order valence-corrected chi connectivity index (χ3v) is 8.43. The Morgan fingerprint density at radius 1 is 1.09 bits per heavy atom. The Balaban J connectivity index is 1.91. The second-order valence-corrected chi connectivity index (χ2v) is 11.2. The first kappa shape index (κ1) is 6.70. The van der Waals surface area contributed by atoms with Gasteiger partial charge in [-0.1, -0.05) is 26.1 Å². The molecule has 0 spiro atoms. The van der Waals surface area contributed by atoms with Crippen LogP contribution in [0.4, 0.5) is 0 Å². The molecule has 0 saturated heterocycles. The van der Waals surface area contributed by atoms with Gasteiger partial charge in [-0.05, 0) is 35.6 Å². The van der Waals surface area contributed by atoms with Crippen LogP contribution < -0.4 is 0 Å². The number of fused-ring (bicyclic) bond motifs is 2. The Hall–Kier alpha value is 0.217.